The van der Waals surface area contributed by atoms with Crippen molar-refractivity contribution < 1.29 is 14.7 Å². The minimum atomic E-state index is -0.925. The van der Waals surface area contributed by atoms with Crippen LogP contribution in [-0.2, 0) is 4.84 Å². The topological polar surface area (TPSA) is 58.6 Å². The molecule has 4 heteroatoms. The second kappa shape index (κ2) is 3.51. The summed E-state index contributed by atoms with van der Waals surface area (Å²) in [5, 5.41) is 8.78. The summed E-state index contributed by atoms with van der Waals surface area (Å²) in [4.78, 5) is 15.6. The van der Waals surface area contributed by atoms with E-state index in [1.54, 1.807) is 18.2 Å². The fourth-order valence-corrected chi connectivity index (χ4v) is 1.28. The molecule has 4 nitrogen and oxygen atoms in total. The summed E-state index contributed by atoms with van der Waals surface area (Å²) in [6.45, 7) is 0.507. The van der Waals surface area contributed by atoms with Gasteiger partial charge in [-0.2, -0.15) is 0 Å². The predicted molar refractivity (Wildman–Crippen MR) is 50.5 cm³/mol. The van der Waals surface area contributed by atoms with Crippen molar-refractivity contribution in [2.45, 2.75) is 0 Å². The highest BCUT2D eigenvalue weighted by atomic mass is 16.6. The van der Waals surface area contributed by atoms with E-state index in [4.69, 9.17) is 9.94 Å². The fourth-order valence-electron chi connectivity index (χ4n) is 1.28. The van der Waals surface area contributed by atoms with E-state index in [0.29, 0.717) is 6.61 Å². The Balaban J connectivity index is 2.34. The van der Waals surface area contributed by atoms with Gasteiger partial charge in [0, 0.05) is 5.56 Å². The van der Waals surface area contributed by atoms with Crippen LogP contribution in [0.5, 0.6) is 0 Å². The molecular weight excluding hydrogens is 182 g/mol. The molecule has 2 rings (SSSR count). The Bertz CT molecular complexity index is 398. The molecule has 0 unspecified atom stereocenters. The molecule has 1 heterocycles. The Hall–Kier alpha value is -1.81. The second-order valence-corrected chi connectivity index (χ2v) is 2.92. The third kappa shape index (κ3) is 1.60. The average molecular weight is 191 g/mol. The SMILES string of the molecule is O=C(O)c1cccc(C2=CCON2)c1. The Labute approximate surface area is 80.8 Å². The van der Waals surface area contributed by atoms with Crippen LogP contribution in [0.1, 0.15) is 15.9 Å². The van der Waals surface area contributed by atoms with Crippen molar-refractivity contribution in [3.05, 3.63) is 41.5 Å². The first-order chi connectivity index (χ1) is 6.77. The first-order valence-corrected chi connectivity index (χ1v) is 4.19. The largest absolute Gasteiger partial charge is 0.478 e. The van der Waals surface area contributed by atoms with E-state index in [1.807, 2.05) is 12.1 Å². The highest BCUT2D eigenvalue weighted by molar-refractivity contribution is 5.88. The quantitative estimate of drug-likeness (QED) is 0.738. The van der Waals surface area contributed by atoms with Gasteiger partial charge in [-0.25, -0.2) is 4.79 Å². The number of carboxylic acids is 1. The van der Waals surface area contributed by atoms with Crippen molar-refractivity contribution in [1.82, 2.24) is 5.48 Å². The van der Waals surface area contributed by atoms with E-state index in [0.717, 1.165) is 11.3 Å². The van der Waals surface area contributed by atoms with Crippen molar-refractivity contribution in [1.29, 1.82) is 0 Å². The van der Waals surface area contributed by atoms with Crippen molar-refractivity contribution in [3.8, 4) is 0 Å². The summed E-state index contributed by atoms with van der Waals surface area (Å²) in [7, 11) is 0. The van der Waals surface area contributed by atoms with E-state index in [-0.39, 0.29) is 5.56 Å². The third-order valence-electron chi connectivity index (χ3n) is 1.97. The number of hydroxylamine groups is 1. The minimum absolute atomic E-state index is 0.275. The molecule has 1 aliphatic rings. The molecule has 0 fully saturated rings. The summed E-state index contributed by atoms with van der Waals surface area (Å²) in [6.07, 6.45) is 1.86. The van der Waals surface area contributed by atoms with Gasteiger partial charge in [-0.1, -0.05) is 12.1 Å². The maximum Gasteiger partial charge on any atom is 0.335 e. The Morgan fingerprint density at radius 2 is 2.36 bits per heavy atom. The standard InChI is InChI=1S/C10H9NO3/c12-10(13)8-3-1-2-7(6-8)9-4-5-14-11-9/h1-4,6,11H,5H2,(H,12,13). The number of aromatic carboxylic acids is 1. The zero-order chi connectivity index (χ0) is 9.97. The van der Waals surface area contributed by atoms with Gasteiger partial charge >= 0.3 is 5.97 Å². The maximum absolute atomic E-state index is 10.7. The van der Waals surface area contributed by atoms with Gasteiger partial charge < -0.3 is 5.11 Å². The molecule has 0 spiro atoms. The van der Waals surface area contributed by atoms with Crippen molar-refractivity contribution >= 4 is 11.7 Å². The van der Waals surface area contributed by atoms with Crippen LogP contribution < -0.4 is 5.48 Å². The van der Waals surface area contributed by atoms with Gasteiger partial charge in [-0.15, -0.1) is 0 Å². The number of hydrogen-bond acceptors (Lipinski definition) is 3. The molecule has 0 atom stereocenters. The van der Waals surface area contributed by atoms with Crippen LogP contribution in [0.15, 0.2) is 30.3 Å². The molecule has 0 bridgehead atoms. The minimum Gasteiger partial charge on any atom is -0.478 e. The molecule has 14 heavy (non-hydrogen) atoms. The Morgan fingerprint density at radius 3 is 3.00 bits per heavy atom. The molecule has 1 aromatic carbocycles. The van der Waals surface area contributed by atoms with Crippen molar-refractivity contribution in [2.75, 3.05) is 6.61 Å². The summed E-state index contributed by atoms with van der Waals surface area (Å²) in [6, 6.07) is 6.71. The number of nitrogens with one attached hydrogen (secondary N) is 1. The van der Waals surface area contributed by atoms with E-state index >= 15 is 0 Å². The van der Waals surface area contributed by atoms with Crippen LogP contribution in [-0.4, -0.2) is 17.7 Å². The summed E-state index contributed by atoms with van der Waals surface area (Å²) in [5.41, 5.74) is 4.62. The highest BCUT2D eigenvalue weighted by Crippen LogP contribution is 2.16. The number of benzene rings is 1. The molecular formula is C10H9NO3. The lowest BCUT2D eigenvalue weighted by Gasteiger charge is -2.03. The molecule has 0 amide bonds. The summed E-state index contributed by atoms with van der Waals surface area (Å²) < 4.78 is 0. The van der Waals surface area contributed by atoms with E-state index in [1.165, 1.54) is 0 Å². The number of rotatable bonds is 2. The van der Waals surface area contributed by atoms with E-state index in [2.05, 4.69) is 5.48 Å². The lowest BCUT2D eigenvalue weighted by atomic mass is 10.1. The molecule has 0 aromatic heterocycles. The summed E-state index contributed by atoms with van der Waals surface area (Å²) >= 11 is 0. The van der Waals surface area contributed by atoms with Crippen LogP contribution >= 0.6 is 0 Å². The van der Waals surface area contributed by atoms with Crippen LogP contribution in [0.2, 0.25) is 0 Å². The zero-order valence-electron chi connectivity index (χ0n) is 7.36. The van der Waals surface area contributed by atoms with Gasteiger partial charge in [0.15, 0.2) is 0 Å². The number of hydrogen-bond donors (Lipinski definition) is 2. The number of carbonyl (C=O) groups is 1. The van der Waals surface area contributed by atoms with Crippen LogP contribution in [0.4, 0.5) is 0 Å². The predicted octanol–water partition coefficient (Wildman–Crippen LogP) is 1.26. The van der Waals surface area contributed by atoms with Gasteiger partial charge in [0.2, 0.25) is 0 Å². The molecule has 0 saturated heterocycles. The Morgan fingerprint density at radius 1 is 1.50 bits per heavy atom. The molecule has 2 N–H and O–H groups in total. The van der Waals surface area contributed by atoms with Crippen molar-refractivity contribution in [2.24, 2.45) is 0 Å². The second-order valence-electron chi connectivity index (χ2n) is 2.92. The maximum atomic E-state index is 10.7. The fraction of sp³-hybridized carbons (Fsp3) is 0.100. The smallest absolute Gasteiger partial charge is 0.335 e. The molecule has 72 valence electrons. The average Bonchev–Trinajstić information content (AvgIpc) is 2.71. The van der Waals surface area contributed by atoms with Gasteiger partial charge in [-0.3, -0.25) is 10.3 Å². The molecule has 1 aromatic rings. The van der Waals surface area contributed by atoms with Gasteiger partial charge in [-0.05, 0) is 18.2 Å². The lowest BCUT2D eigenvalue weighted by Crippen LogP contribution is -2.05. The molecule has 0 radical (unpaired) electrons. The first kappa shape index (κ1) is 8.77. The molecule has 1 aliphatic heterocycles. The monoisotopic (exact) mass is 191 g/mol. The van der Waals surface area contributed by atoms with Crippen molar-refractivity contribution in [3.63, 3.8) is 0 Å². The lowest BCUT2D eigenvalue weighted by molar-refractivity contribution is 0.0697. The zero-order valence-corrected chi connectivity index (χ0v) is 7.36. The van der Waals surface area contributed by atoms with Gasteiger partial charge in [0.25, 0.3) is 0 Å². The van der Waals surface area contributed by atoms with E-state index in [9.17, 15) is 4.79 Å². The van der Waals surface area contributed by atoms with Gasteiger partial charge in [0.1, 0.15) is 0 Å². The third-order valence-corrected chi connectivity index (χ3v) is 1.97. The van der Waals surface area contributed by atoms with Crippen LogP contribution in [0, 0.1) is 0 Å². The number of carboxylic acid groups (broad SMARTS) is 1. The molecule has 0 aliphatic carbocycles. The highest BCUT2D eigenvalue weighted by Gasteiger charge is 2.09. The van der Waals surface area contributed by atoms with Gasteiger partial charge in [0.05, 0.1) is 17.9 Å². The van der Waals surface area contributed by atoms with E-state index < -0.39 is 5.97 Å². The van der Waals surface area contributed by atoms with Crippen LogP contribution in [0.3, 0.4) is 0 Å². The normalized spacial score (nSPS) is 14.7. The molecule has 0 saturated carbocycles. The first-order valence-electron chi connectivity index (χ1n) is 4.19. The van der Waals surface area contributed by atoms with Crippen LogP contribution in [0.25, 0.3) is 5.70 Å². The summed E-state index contributed by atoms with van der Waals surface area (Å²) in [5.74, 6) is -0.925. The Kier molecular flexibility index (Phi) is 2.20.